The molecule has 3 aromatic heterocycles. The molecule has 0 atom stereocenters. The Hall–Kier alpha value is -2.47. The summed E-state index contributed by atoms with van der Waals surface area (Å²) in [5.74, 6) is 2.00. The third-order valence-electron chi connectivity index (χ3n) is 4.02. The molecule has 4 rings (SSSR count). The Bertz CT molecular complexity index is 752. The zero-order valence-electron chi connectivity index (χ0n) is 12.7. The lowest BCUT2D eigenvalue weighted by Crippen LogP contribution is -2.47. The predicted molar refractivity (Wildman–Crippen MR) is 94.0 cm³/mol. The summed E-state index contributed by atoms with van der Waals surface area (Å²) in [6, 6.07) is 8.12. The number of piperazine rings is 1. The maximum atomic E-state index is 4.77. The summed E-state index contributed by atoms with van der Waals surface area (Å²) in [7, 11) is 0. The molecule has 116 valence electrons. The summed E-state index contributed by atoms with van der Waals surface area (Å²) in [4.78, 5) is 18.2. The molecule has 6 heteroatoms. The summed E-state index contributed by atoms with van der Waals surface area (Å²) < 4.78 is 0. The van der Waals surface area contributed by atoms with E-state index >= 15 is 0 Å². The molecule has 1 aliphatic heterocycles. The van der Waals surface area contributed by atoms with Gasteiger partial charge in [0.25, 0.3) is 0 Å². The van der Waals surface area contributed by atoms with Crippen molar-refractivity contribution in [2.45, 2.75) is 0 Å². The topological polar surface area (TPSA) is 45.2 Å². The number of rotatable bonds is 3. The molecule has 0 aliphatic carbocycles. The van der Waals surface area contributed by atoms with Crippen molar-refractivity contribution < 1.29 is 0 Å². The van der Waals surface area contributed by atoms with E-state index in [2.05, 4.69) is 42.7 Å². The van der Waals surface area contributed by atoms with E-state index in [1.165, 1.54) is 0 Å². The van der Waals surface area contributed by atoms with E-state index < -0.39 is 0 Å². The first-order valence-corrected chi connectivity index (χ1v) is 8.60. The molecule has 23 heavy (non-hydrogen) atoms. The van der Waals surface area contributed by atoms with Gasteiger partial charge in [-0.25, -0.2) is 9.97 Å². The summed E-state index contributed by atoms with van der Waals surface area (Å²) in [6.45, 7) is 3.75. The highest BCUT2D eigenvalue weighted by molar-refractivity contribution is 7.08. The fourth-order valence-corrected chi connectivity index (χ4v) is 3.41. The van der Waals surface area contributed by atoms with Crippen LogP contribution in [0.4, 0.5) is 11.6 Å². The van der Waals surface area contributed by atoms with Crippen molar-refractivity contribution in [2.24, 2.45) is 0 Å². The largest absolute Gasteiger partial charge is 0.353 e. The second-order valence-electron chi connectivity index (χ2n) is 5.44. The van der Waals surface area contributed by atoms with Crippen molar-refractivity contribution in [3.8, 4) is 11.3 Å². The predicted octanol–water partition coefficient (Wildman–Crippen LogP) is 2.93. The Kier molecular flexibility index (Phi) is 3.90. The van der Waals surface area contributed by atoms with Crippen molar-refractivity contribution in [2.75, 3.05) is 36.0 Å². The molecule has 0 radical (unpaired) electrons. The first-order chi connectivity index (χ1) is 11.4. The van der Waals surface area contributed by atoms with Crippen LogP contribution < -0.4 is 9.80 Å². The standard InChI is InChI=1S/C17H17N5S/c1-2-5-19-16(3-1)21-6-8-22(9-7-21)17-12-18-11-15(20-17)14-4-10-23-13-14/h1-5,10-13H,6-9H2. The normalized spacial score (nSPS) is 15.0. The summed E-state index contributed by atoms with van der Waals surface area (Å²) in [6.07, 6.45) is 5.53. The maximum absolute atomic E-state index is 4.77. The maximum Gasteiger partial charge on any atom is 0.147 e. The number of hydrogen-bond donors (Lipinski definition) is 0. The minimum Gasteiger partial charge on any atom is -0.353 e. The third-order valence-corrected chi connectivity index (χ3v) is 4.70. The monoisotopic (exact) mass is 323 g/mol. The van der Waals surface area contributed by atoms with Crippen LogP contribution in [0.15, 0.2) is 53.6 Å². The molecular weight excluding hydrogens is 306 g/mol. The van der Waals surface area contributed by atoms with E-state index in [1.54, 1.807) is 11.3 Å². The van der Waals surface area contributed by atoms with Gasteiger partial charge in [-0.2, -0.15) is 11.3 Å². The van der Waals surface area contributed by atoms with Crippen LogP contribution in [0.1, 0.15) is 0 Å². The van der Waals surface area contributed by atoms with Crippen LogP contribution in [-0.4, -0.2) is 41.1 Å². The van der Waals surface area contributed by atoms with Crippen LogP contribution in [0.3, 0.4) is 0 Å². The number of hydrogen-bond acceptors (Lipinski definition) is 6. The first-order valence-electron chi connectivity index (χ1n) is 7.66. The number of aromatic nitrogens is 3. The summed E-state index contributed by atoms with van der Waals surface area (Å²) >= 11 is 1.68. The van der Waals surface area contributed by atoms with Gasteiger partial charge in [-0.1, -0.05) is 6.07 Å². The Labute approximate surface area is 139 Å². The van der Waals surface area contributed by atoms with Crippen LogP contribution in [0, 0.1) is 0 Å². The average molecular weight is 323 g/mol. The van der Waals surface area contributed by atoms with E-state index in [-0.39, 0.29) is 0 Å². The van der Waals surface area contributed by atoms with Crippen LogP contribution in [0.5, 0.6) is 0 Å². The van der Waals surface area contributed by atoms with Gasteiger partial charge in [0.1, 0.15) is 11.6 Å². The van der Waals surface area contributed by atoms with Crippen molar-refractivity contribution in [1.29, 1.82) is 0 Å². The van der Waals surface area contributed by atoms with Crippen LogP contribution >= 0.6 is 11.3 Å². The van der Waals surface area contributed by atoms with Gasteiger partial charge in [-0.05, 0) is 23.6 Å². The number of pyridine rings is 1. The van der Waals surface area contributed by atoms with Gasteiger partial charge in [0.15, 0.2) is 0 Å². The molecule has 0 spiro atoms. The van der Waals surface area contributed by atoms with Crippen molar-refractivity contribution >= 4 is 23.0 Å². The number of thiophene rings is 1. The van der Waals surface area contributed by atoms with Gasteiger partial charge in [0, 0.05) is 43.3 Å². The highest BCUT2D eigenvalue weighted by Crippen LogP contribution is 2.22. The molecule has 1 fully saturated rings. The molecule has 3 aromatic rings. The molecule has 0 unspecified atom stereocenters. The molecule has 5 nitrogen and oxygen atoms in total. The fraction of sp³-hybridized carbons (Fsp3) is 0.235. The molecule has 1 aliphatic rings. The Balaban J connectivity index is 1.47. The lowest BCUT2D eigenvalue weighted by atomic mass is 10.2. The van der Waals surface area contributed by atoms with Gasteiger partial charge in [-0.3, -0.25) is 4.98 Å². The molecule has 0 aromatic carbocycles. The Morgan fingerprint density at radius 2 is 1.74 bits per heavy atom. The van der Waals surface area contributed by atoms with E-state index in [4.69, 9.17) is 4.98 Å². The summed E-state index contributed by atoms with van der Waals surface area (Å²) in [5.41, 5.74) is 2.08. The van der Waals surface area contributed by atoms with Gasteiger partial charge < -0.3 is 9.80 Å². The lowest BCUT2D eigenvalue weighted by Gasteiger charge is -2.35. The molecule has 0 saturated carbocycles. The zero-order valence-corrected chi connectivity index (χ0v) is 13.5. The number of anilines is 2. The van der Waals surface area contributed by atoms with Gasteiger partial charge >= 0.3 is 0 Å². The second-order valence-corrected chi connectivity index (χ2v) is 6.22. The number of nitrogens with zero attached hydrogens (tertiary/aromatic N) is 5. The SMILES string of the molecule is c1ccc(N2CCN(c3cncc(-c4ccsc4)n3)CC2)nc1. The molecule has 0 amide bonds. The quantitative estimate of drug-likeness (QED) is 0.741. The Morgan fingerprint density at radius 3 is 2.43 bits per heavy atom. The molecule has 1 saturated heterocycles. The fourth-order valence-electron chi connectivity index (χ4n) is 2.76. The van der Waals surface area contributed by atoms with E-state index in [9.17, 15) is 0 Å². The van der Waals surface area contributed by atoms with Crippen LogP contribution in [0.2, 0.25) is 0 Å². The lowest BCUT2D eigenvalue weighted by molar-refractivity contribution is 0.641. The third kappa shape index (κ3) is 3.03. The minimum atomic E-state index is 0.929. The molecule has 0 bridgehead atoms. The molecule has 0 N–H and O–H groups in total. The Morgan fingerprint density at radius 1 is 0.913 bits per heavy atom. The van der Waals surface area contributed by atoms with Gasteiger partial charge in [0.2, 0.25) is 0 Å². The molecule has 4 heterocycles. The van der Waals surface area contributed by atoms with Crippen LogP contribution in [0.25, 0.3) is 11.3 Å². The van der Waals surface area contributed by atoms with Crippen LogP contribution in [-0.2, 0) is 0 Å². The average Bonchev–Trinajstić information content (AvgIpc) is 3.18. The van der Waals surface area contributed by atoms with Gasteiger partial charge in [0.05, 0.1) is 18.1 Å². The first kappa shape index (κ1) is 14.1. The second kappa shape index (κ2) is 6.34. The van der Waals surface area contributed by atoms with E-state index in [1.807, 2.05) is 30.7 Å². The highest BCUT2D eigenvalue weighted by atomic mass is 32.1. The summed E-state index contributed by atoms with van der Waals surface area (Å²) in [5, 5.41) is 4.17. The van der Waals surface area contributed by atoms with E-state index in [0.717, 1.165) is 49.1 Å². The smallest absolute Gasteiger partial charge is 0.147 e. The van der Waals surface area contributed by atoms with Crippen molar-refractivity contribution in [3.05, 3.63) is 53.6 Å². The van der Waals surface area contributed by atoms with Crippen molar-refractivity contribution in [3.63, 3.8) is 0 Å². The minimum absolute atomic E-state index is 0.929. The van der Waals surface area contributed by atoms with Gasteiger partial charge in [-0.15, -0.1) is 0 Å². The zero-order chi connectivity index (χ0) is 15.5. The van der Waals surface area contributed by atoms with Crippen molar-refractivity contribution in [1.82, 2.24) is 15.0 Å². The highest BCUT2D eigenvalue weighted by Gasteiger charge is 2.19. The van der Waals surface area contributed by atoms with E-state index in [0.29, 0.717) is 0 Å². The molecular formula is C17H17N5S.